The van der Waals surface area contributed by atoms with Crippen LogP contribution in [0.4, 0.5) is 5.69 Å². The molecule has 0 saturated heterocycles. The monoisotopic (exact) mass is 387 g/mol. The fourth-order valence-corrected chi connectivity index (χ4v) is 2.29. The lowest BCUT2D eigenvalue weighted by atomic mass is 10.2. The Balaban J connectivity index is 1.50. The number of benzene rings is 3. The number of anilines is 1. The second-order valence-corrected chi connectivity index (χ2v) is 5.84. The van der Waals surface area contributed by atoms with Gasteiger partial charge in [0.05, 0.1) is 11.8 Å². The maximum Gasteiger partial charge on any atom is 0.343 e. The maximum atomic E-state index is 12.0. The Kier molecular flexibility index (Phi) is 6.46. The van der Waals surface area contributed by atoms with Gasteiger partial charge in [-0.2, -0.15) is 5.10 Å². The number of rotatable bonds is 5. The van der Waals surface area contributed by atoms with Crippen LogP contribution in [0.15, 0.2) is 90.0 Å². The molecule has 3 aromatic carbocycles. The number of carbonyl (C=O) groups is 3. The third-order valence-corrected chi connectivity index (χ3v) is 3.72. The molecule has 0 aromatic heterocycles. The molecule has 0 unspecified atom stereocenters. The highest BCUT2D eigenvalue weighted by Gasteiger charge is 2.12. The number of esters is 1. The average molecular weight is 387 g/mol. The van der Waals surface area contributed by atoms with Crippen molar-refractivity contribution in [3.63, 3.8) is 0 Å². The molecule has 7 nitrogen and oxygen atoms in total. The first-order valence-corrected chi connectivity index (χ1v) is 8.68. The minimum absolute atomic E-state index is 0.377. The van der Waals surface area contributed by atoms with Crippen molar-refractivity contribution < 1.29 is 19.1 Å². The van der Waals surface area contributed by atoms with E-state index in [4.69, 9.17) is 4.74 Å². The van der Waals surface area contributed by atoms with Crippen LogP contribution in [-0.4, -0.2) is 24.0 Å². The van der Waals surface area contributed by atoms with Gasteiger partial charge in [0.1, 0.15) is 5.75 Å². The first-order chi connectivity index (χ1) is 14.1. The number of hydrogen-bond acceptors (Lipinski definition) is 5. The van der Waals surface area contributed by atoms with Gasteiger partial charge in [0.2, 0.25) is 0 Å². The van der Waals surface area contributed by atoms with Crippen molar-refractivity contribution in [1.29, 1.82) is 0 Å². The predicted octanol–water partition coefficient (Wildman–Crippen LogP) is 2.99. The maximum absolute atomic E-state index is 12.0. The molecular formula is C22H17N3O4. The number of amides is 2. The van der Waals surface area contributed by atoms with Crippen molar-refractivity contribution in [2.24, 2.45) is 5.10 Å². The van der Waals surface area contributed by atoms with Crippen molar-refractivity contribution in [2.75, 3.05) is 5.32 Å². The minimum atomic E-state index is -0.890. The van der Waals surface area contributed by atoms with E-state index in [1.807, 2.05) is 6.07 Å². The van der Waals surface area contributed by atoms with E-state index in [2.05, 4.69) is 15.8 Å². The summed E-state index contributed by atoms with van der Waals surface area (Å²) in [5.74, 6) is -1.79. The van der Waals surface area contributed by atoms with Crippen molar-refractivity contribution in [2.45, 2.75) is 0 Å². The lowest BCUT2D eigenvalue weighted by Crippen LogP contribution is -2.32. The van der Waals surface area contributed by atoms with Gasteiger partial charge in [-0.05, 0) is 54.1 Å². The van der Waals surface area contributed by atoms with Crippen molar-refractivity contribution in [3.05, 3.63) is 96.1 Å². The molecule has 0 fully saturated rings. The van der Waals surface area contributed by atoms with Crippen LogP contribution in [0.1, 0.15) is 15.9 Å². The summed E-state index contributed by atoms with van der Waals surface area (Å²) < 4.78 is 5.28. The van der Waals surface area contributed by atoms with E-state index in [9.17, 15) is 14.4 Å². The van der Waals surface area contributed by atoms with Crippen LogP contribution in [0.3, 0.4) is 0 Å². The summed E-state index contributed by atoms with van der Waals surface area (Å²) in [6.07, 6.45) is 1.37. The molecule has 0 atom stereocenters. The predicted molar refractivity (Wildman–Crippen MR) is 109 cm³/mol. The number of nitrogens with one attached hydrogen (secondary N) is 2. The molecule has 2 N–H and O–H groups in total. The number of hydrogen-bond donors (Lipinski definition) is 2. The number of nitrogens with zero attached hydrogens (tertiary/aromatic N) is 1. The SMILES string of the molecule is O=C(N/N=C\c1ccc(OC(=O)c2ccccc2)cc1)C(=O)Nc1ccccc1. The number of carbonyl (C=O) groups excluding carboxylic acids is 3. The molecule has 0 radical (unpaired) electrons. The van der Waals surface area contributed by atoms with Crippen LogP contribution in [0.25, 0.3) is 0 Å². The molecule has 3 aromatic rings. The lowest BCUT2D eigenvalue weighted by molar-refractivity contribution is -0.136. The van der Waals surface area contributed by atoms with E-state index < -0.39 is 17.8 Å². The molecule has 3 rings (SSSR count). The molecule has 2 amide bonds. The molecule has 0 aliphatic rings. The van der Waals surface area contributed by atoms with Gasteiger partial charge >= 0.3 is 17.8 Å². The second-order valence-electron chi connectivity index (χ2n) is 5.84. The topological polar surface area (TPSA) is 96.9 Å². The summed E-state index contributed by atoms with van der Waals surface area (Å²) in [4.78, 5) is 35.5. The molecule has 0 spiro atoms. The Bertz CT molecular complexity index is 1020. The fraction of sp³-hybridized carbons (Fsp3) is 0. The average Bonchev–Trinajstić information content (AvgIpc) is 2.76. The van der Waals surface area contributed by atoms with Crippen LogP contribution in [-0.2, 0) is 9.59 Å². The lowest BCUT2D eigenvalue weighted by Gasteiger charge is -2.04. The molecule has 0 saturated carbocycles. The van der Waals surface area contributed by atoms with E-state index in [-0.39, 0.29) is 0 Å². The first kappa shape index (κ1) is 19.5. The van der Waals surface area contributed by atoms with E-state index in [0.717, 1.165) is 0 Å². The van der Waals surface area contributed by atoms with Gasteiger partial charge in [0, 0.05) is 5.69 Å². The van der Waals surface area contributed by atoms with Gasteiger partial charge in [-0.15, -0.1) is 0 Å². The molecular weight excluding hydrogens is 370 g/mol. The molecule has 0 heterocycles. The smallest absolute Gasteiger partial charge is 0.343 e. The zero-order chi connectivity index (χ0) is 20.5. The fourth-order valence-electron chi connectivity index (χ4n) is 2.29. The Labute approximate surface area is 167 Å². The number of para-hydroxylation sites is 1. The summed E-state index contributed by atoms with van der Waals surface area (Å²) in [5, 5.41) is 6.21. The third-order valence-electron chi connectivity index (χ3n) is 3.72. The van der Waals surface area contributed by atoms with Crippen molar-refractivity contribution >= 4 is 29.7 Å². The summed E-state index contributed by atoms with van der Waals surface area (Å²) in [6.45, 7) is 0. The van der Waals surface area contributed by atoms with Crippen molar-refractivity contribution in [3.8, 4) is 5.75 Å². The number of hydrazone groups is 1. The first-order valence-electron chi connectivity index (χ1n) is 8.68. The van der Waals surface area contributed by atoms with Crippen LogP contribution < -0.4 is 15.5 Å². The minimum Gasteiger partial charge on any atom is -0.423 e. The third kappa shape index (κ3) is 5.86. The van der Waals surface area contributed by atoms with Gasteiger partial charge in [-0.25, -0.2) is 10.2 Å². The molecule has 0 aliphatic carbocycles. The van der Waals surface area contributed by atoms with E-state index in [0.29, 0.717) is 22.6 Å². The Morgan fingerprint density at radius 2 is 1.38 bits per heavy atom. The Morgan fingerprint density at radius 3 is 2.03 bits per heavy atom. The molecule has 29 heavy (non-hydrogen) atoms. The highest BCUT2D eigenvalue weighted by atomic mass is 16.5. The highest BCUT2D eigenvalue weighted by Crippen LogP contribution is 2.13. The van der Waals surface area contributed by atoms with Crippen LogP contribution in [0.5, 0.6) is 5.75 Å². The molecule has 0 aliphatic heterocycles. The quantitative estimate of drug-likeness (QED) is 0.231. The Morgan fingerprint density at radius 1 is 0.759 bits per heavy atom. The standard InChI is InChI=1S/C22H17N3O4/c26-20(24-18-9-5-2-6-10-18)21(27)25-23-15-16-11-13-19(14-12-16)29-22(28)17-7-3-1-4-8-17/h1-15H,(H,24,26)(H,25,27)/b23-15-. The van der Waals surface area contributed by atoms with Crippen LogP contribution in [0, 0.1) is 0 Å². The normalized spacial score (nSPS) is 10.3. The van der Waals surface area contributed by atoms with Crippen LogP contribution in [0.2, 0.25) is 0 Å². The number of ether oxygens (including phenoxy) is 1. The van der Waals surface area contributed by atoms with Gasteiger partial charge < -0.3 is 10.1 Å². The van der Waals surface area contributed by atoms with Crippen molar-refractivity contribution in [1.82, 2.24) is 5.43 Å². The largest absolute Gasteiger partial charge is 0.423 e. The Hall–Kier alpha value is -4.26. The summed E-state index contributed by atoms with van der Waals surface area (Å²) in [6, 6.07) is 23.8. The molecule has 144 valence electrons. The van der Waals surface area contributed by atoms with Gasteiger partial charge in [-0.1, -0.05) is 36.4 Å². The zero-order valence-corrected chi connectivity index (χ0v) is 15.2. The second kappa shape index (κ2) is 9.61. The summed E-state index contributed by atoms with van der Waals surface area (Å²) in [5.41, 5.74) is 3.76. The van der Waals surface area contributed by atoms with E-state index in [1.165, 1.54) is 6.21 Å². The highest BCUT2D eigenvalue weighted by molar-refractivity contribution is 6.39. The molecule has 0 bridgehead atoms. The van der Waals surface area contributed by atoms with Crippen LogP contribution >= 0.6 is 0 Å². The van der Waals surface area contributed by atoms with E-state index >= 15 is 0 Å². The van der Waals surface area contributed by atoms with Gasteiger partial charge in [0.15, 0.2) is 0 Å². The van der Waals surface area contributed by atoms with E-state index in [1.54, 1.807) is 78.9 Å². The summed E-state index contributed by atoms with van der Waals surface area (Å²) >= 11 is 0. The van der Waals surface area contributed by atoms with Gasteiger partial charge in [0.25, 0.3) is 0 Å². The zero-order valence-electron chi connectivity index (χ0n) is 15.2. The summed E-state index contributed by atoms with van der Waals surface area (Å²) in [7, 11) is 0. The van der Waals surface area contributed by atoms with Gasteiger partial charge in [-0.3, -0.25) is 9.59 Å². The molecule has 7 heteroatoms.